The molecular formula is C35H67N7O10. The van der Waals surface area contributed by atoms with E-state index in [-0.39, 0.29) is 82.3 Å². The summed E-state index contributed by atoms with van der Waals surface area (Å²) in [5.74, 6) is 9.00. The van der Waals surface area contributed by atoms with E-state index in [9.17, 15) is 29.1 Å². The Morgan fingerprint density at radius 3 is 1.54 bits per heavy atom. The van der Waals surface area contributed by atoms with Gasteiger partial charge in [-0.3, -0.25) is 19.2 Å². The molecule has 0 aromatic rings. The average Bonchev–Trinajstić information content (AvgIpc) is 3.11. The zero-order valence-electron chi connectivity index (χ0n) is 31.4. The minimum Gasteiger partial charge on any atom is -0.480 e. The zero-order chi connectivity index (χ0) is 38.5. The molecule has 0 saturated heterocycles. The van der Waals surface area contributed by atoms with E-state index in [1.54, 1.807) is 0 Å². The number of ether oxygens (including phenoxy) is 4. The summed E-state index contributed by atoms with van der Waals surface area (Å²) in [6, 6.07) is -1.12. The Balaban J connectivity index is 3.67. The second-order valence-electron chi connectivity index (χ2n) is 12.5. The maximum absolute atomic E-state index is 12.3. The first-order valence-corrected chi connectivity index (χ1v) is 18.8. The van der Waals surface area contributed by atoms with Crippen LogP contribution in [0.15, 0.2) is 5.10 Å². The first kappa shape index (κ1) is 48.6. The van der Waals surface area contributed by atoms with Gasteiger partial charge in [-0.15, -0.1) is 0 Å². The van der Waals surface area contributed by atoms with Gasteiger partial charge in [0.25, 0.3) is 0 Å². The molecule has 0 fully saturated rings. The van der Waals surface area contributed by atoms with Crippen molar-refractivity contribution in [2.24, 2.45) is 16.8 Å². The average molecular weight is 746 g/mol. The first-order valence-electron chi connectivity index (χ1n) is 18.8. The van der Waals surface area contributed by atoms with Gasteiger partial charge in [-0.05, 0) is 26.2 Å². The van der Waals surface area contributed by atoms with Crippen molar-refractivity contribution in [3.8, 4) is 0 Å². The minimum absolute atomic E-state index is 0.0111. The molecule has 1 atom stereocenters. The largest absolute Gasteiger partial charge is 0.480 e. The maximum atomic E-state index is 12.3. The van der Waals surface area contributed by atoms with Crippen LogP contribution in [-0.4, -0.2) is 112 Å². The van der Waals surface area contributed by atoms with E-state index in [0.717, 1.165) is 38.5 Å². The molecule has 0 aliphatic carbocycles. The van der Waals surface area contributed by atoms with Gasteiger partial charge >= 0.3 is 5.97 Å². The predicted octanol–water partition coefficient (Wildman–Crippen LogP) is 1.81. The van der Waals surface area contributed by atoms with Gasteiger partial charge in [-0.1, -0.05) is 70.6 Å². The fraction of sp³-hybridized carbons (Fsp3) is 0.829. The lowest BCUT2D eigenvalue weighted by molar-refractivity contribution is -0.142. The fourth-order valence-corrected chi connectivity index (χ4v) is 4.98. The Morgan fingerprint density at radius 1 is 0.596 bits per heavy atom. The van der Waals surface area contributed by atoms with E-state index in [0.29, 0.717) is 38.6 Å². The van der Waals surface area contributed by atoms with Crippen LogP contribution in [-0.2, 0) is 42.9 Å². The van der Waals surface area contributed by atoms with Gasteiger partial charge in [0, 0.05) is 32.4 Å². The highest BCUT2D eigenvalue weighted by molar-refractivity contribution is 5.84. The Bertz CT molecular complexity index is 988. The van der Waals surface area contributed by atoms with Crippen LogP contribution in [0.4, 0.5) is 0 Å². The molecule has 0 aromatic carbocycles. The highest BCUT2D eigenvalue weighted by Crippen LogP contribution is 2.13. The van der Waals surface area contributed by atoms with Crippen molar-refractivity contribution >= 4 is 35.3 Å². The smallest absolute Gasteiger partial charge is 0.326 e. The molecule has 1 unspecified atom stereocenters. The summed E-state index contributed by atoms with van der Waals surface area (Å²) in [6.45, 7) is 3.49. The van der Waals surface area contributed by atoms with Gasteiger partial charge in [0.05, 0.1) is 39.6 Å². The van der Waals surface area contributed by atoms with E-state index in [2.05, 4.69) is 26.5 Å². The number of carboxylic acids is 1. The van der Waals surface area contributed by atoms with Crippen molar-refractivity contribution < 1.29 is 48.0 Å². The Labute approximate surface area is 309 Å². The van der Waals surface area contributed by atoms with Crippen LogP contribution in [0.2, 0.25) is 0 Å². The van der Waals surface area contributed by atoms with Gasteiger partial charge in [-0.2, -0.15) is 5.10 Å². The number of carbonyl (C=O) groups is 5. The number of unbranched alkanes of at least 4 members (excludes halogenated alkanes) is 12. The number of nitrogens with two attached hydrogens (primary N) is 2. The summed E-state index contributed by atoms with van der Waals surface area (Å²) >= 11 is 0. The third-order valence-electron chi connectivity index (χ3n) is 7.85. The standard InChI is InChI=1S/C35H67N7O10/c1-29(43)27-51-25-23-50-22-20-39-34(46)28-52-26-24-49-21-19-38-32(44)18-17-30(35(47)48)40-33(45)16-14-12-10-8-6-4-2-3-5-7-9-11-13-15-31(41-36)42-37/h30H,2-28,36-37H2,1H3,(H,38,44)(H,39,46)(H,40,45)(H,41,42)(H,47,48). The molecule has 3 amide bonds. The molecular weight excluding hydrogens is 678 g/mol. The molecule has 0 bridgehead atoms. The van der Waals surface area contributed by atoms with E-state index in [1.165, 1.54) is 51.9 Å². The second-order valence-corrected chi connectivity index (χ2v) is 12.5. The number of aliphatic carboxylic acids is 1. The number of carboxylic acid groups (broad SMARTS) is 1. The molecule has 0 heterocycles. The van der Waals surface area contributed by atoms with Crippen LogP contribution >= 0.6 is 0 Å². The molecule has 0 spiro atoms. The number of hydrazine groups is 1. The lowest BCUT2D eigenvalue weighted by Crippen LogP contribution is -2.41. The Kier molecular flexibility index (Phi) is 33.7. The highest BCUT2D eigenvalue weighted by atomic mass is 16.5. The number of Topliss-reactive ketones (excluding diaryl/α,β-unsaturated/α-hetero) is 1. The summed E-state index contributed by atoms with van der Waals surface area (Å²) in [7, 11) is 0. The van der Waals surface area contributed by atoms with Gasteiger partial charge in [-0.25, -0.2) is 10.6 Å². The van der Waals surface area contributed by atoms with Crippen LogP contribution in [0.3, 0.4) is 0 Å². The molecule has 0 aliphatic rings. The van der Waals surface area contributed by atoms with Gasteiger partial charge < -0.3 is 51.3 Å². The number of hydrogen-bond donors (Lipinski definition) is 7. The molecule has 0 aromatic heterocycles. The fourth-order valence-electron chi connectivity index (χ4n) is 4.98. The van der Waals surface area contributed by atoms with Crippen molar-refractivity contribution in [1.29, 1.82) is 0 Å². The monoisotopic (exact) mass is 745 g/mol. The molecule has 17 heteroatoms. The SMILES string of the molecule is CC(=O)COCCOCCNC(=O)COCCOCCNC(=O)CCC(NC(=O)CCCCCCCCCCCCCCC/C(=N\N)NN)C(=O)O. The predicted molar refractivity (Wildman–Crippen MR) is 197 cm³/mol. The van der Waals surface area contributed by atoms with Crippen molar-refractivity contribution in [3.63, 3.8) is 0 Å². The summed E-state index contributed by atoms with van der Waals surface area (Å²) < 4.78 is 20.9. The number of amidine groups is 1. The molecule has 302 valence electrons. The lowest BCUT2D eigenvalue weighted by Gasteiger charge is -2.14. The van der Waals surface area contributed by atoms with Crippen molar-refractivity contribution in [2.45, 2.75) is 122 Å². The number of amides is 3. The van der Waals surface area contributed by atoms with Crippen molar-refractivity contribution in [3.05, 3.63) is 0 Å². The number of nitrogens with zero attached hydrogens (tertiary/aromatic N) is 1. The zero-order valence-corrected chi connectivity index (χ0v) is 31.4. The number of hydrogen-bond acceptors (Lipinski definition) is 12. The van der Waals surface area contributed by atoms with Crippen LogP contribution in [0.25, 0.3) is 0 Å². The first-order chi connectivity index (χ1) is 25.2. The summed E-state index contributed by atoms with van der Waals surface area (Å²) in [5, 5.41) is 20.9. The second kappa shape index (κ2) is 36.0. The molecule has 17 nitrogen and oxygen atoms in total. The quantitative estimate of drug-likeness (QED) is 0.0158. The van der Waals surface area contributed by atoms with Crippen molar-refractivity contribution in [2.75, 3.05) is 65.9 Å². The number of ketones is 1. The minimum atomic E-state index is -1.17. The summed E-state index contributed by atoms with van der Waals surface area (Å²) in [4.78, 5) is 58.5. The Hall–Kier alpha value is -3.38. The molecule has 0 rings (SSSR count). The van der Waals surface area contributed by atoms with Gasteiger partial charge in [0.15, 0.2) is 5.78 Å². The number of carbonyl (C=O) groups excluding carboxylic acids is 4. The van der Waals surface area contributed by atoms with E-state index >= 15 is 0 Å². The lowest BCUT2D eigenvalue weighted by atomic mass is 10.0. The third-order valence-corrected chi connectivity index (χ3v) is 7.85. The topological polar surface area (TPSA) is 255 Å². The van der Waals surface area contributed by atoms with Crippen LogP contribution in [0, 0.1) is 0 Å². The number of nitrogens with one attached hydrogen (secondary N) is 4. The molecule has 0 radical (unpaired) electrons. The van der Waals surface area contributed by atoms with Crippen LogP contribution in [0.1, 0.15) is 116 Å². The number of hydrazone groups is 1. The molecule has 52 heavy (non-hydrogen) atoms. The van der Waals surface area contributed by atoms with E-state index in [1.807, 2.05) is 0 Å². The van der Waals surface area contributed by atoms with Gasteiger partial charge in [0.1, 0.15) is 25.1 Å². The molecule has 0 aliphatic heterocycles. The van der Waals surface area contributed by atoms with E-state index in [4.69, 9.17) is 30.6 Å². The van der Waals surface area contributed by atoms with Crippen molar-refractivity contribution in [1.82, 2.24) is 21.4 Å². The normalized spacial score (nSPS) is 11.9. The summed E-state index contributed by atoms with van der Waals surface area (Å²) in [5.41, 5.74) is 2.50. The maximum Gasteiger partial charge on any atom is 0.326 e. The molecule has 0 saturated carbocycles. The highest BCUT2D eigenvalue weighted by Gasteiger charge is 2.20. The van der Waals surface area contributed by atoms with Gasteiger partial charge in [0.2, 0.25) is 17.7 Å². The third kappa shape index (κ3) is 33.7. The number of rotatable bonds is 37. The van der Waals surface area contributed by atoms with E-state index < -0.39 is 12.0 Å². The summed E-state index contributed by atoms with van der Waals surface area (Å²) in [6.07, 6.45) is 15.6. The van der Waals surface area contributed by atoms with Crippen LogP contribution < -0.4 is 33.1 Å². The Morgan fingerprint density at radius 2 is 1.06 bits per heavy atom. The van der Waals surface area contributed by atoms with Crippen LogP contribution in [0.5, 0.6) is 0 Å². The molecule has 9 N–H and O–H groups in total.